The fourth-order valence-corrected chi connectivity index (χ4v) is 5.07. The predicted molar refractivity (Wildman–Crippen MR) is 119 cm³/mol. The number of carbonyl (C=O) groups is 2. The molecule has 2 heterocycles. The highest BCUT2D eigenvalue weighted by atomic mass is 16.5. The van der Waals surface area contributed by atoms with E-state index in [0.29, 0.717) is 44.8 Å². The number of amides is 2. The summed E-state index contributed by atoms with van der Waals surface area (Å²) >= 11 is 0. The molecule has 4 bridgehead atoms. The van der Waals surface area contributed by atoms with Crippen molar-refractivity contribution >= 4 is 11.8 Å². The SMILES string of the molecule is O=C(C1CCC1)N1CCC2(CC1)Cc1cccc(c1)Oc1cccc(c1)CCNC2=O. The molecule has 2 aromatic carbocycles. The van der Waals surface area contributed by atoms with Gasteiger partial charge in [0.25, 0.3) is 0 Å². The summed E-state index contributed by atoms with van der Waals surface area (Å²) in [5, 5.41) is 3.20. The number of rotatable bonds is 1. The molecule has 1 N–H and O–H groups in total. The lowest BCUT2D eigenvalue weighted by molar-refractivity contribution is -0.145. The number of benzene rings is 2. The van der Waals surface area contributed by atoms with E-state index in [2.05, 4.69) is 17.4 Å². The van der Waals surface area contributed by atoms with E-state index in [1.54, 1.807) is 0 Å². The Kier molecular flexibility index (Phi) is 5.43. The maximum absolute atomic E-state index is 13.4. The smallest absolute Gasteiger partial charge is 0.226 e. The summed E-state index contributed by atoms with van der Waals surface area (Å²) in [5.41, 5.74) is 1.76. The Morgan fingerprint density at radius 1 is 1.00 bits per heavy atom. The number of piperidine rings is 1. The largest absolute Gasteiger partial charge is 0.457 e. The van der Waals surface area contributed by atoms with Crippen LogP contribution in [0.25, 0.3) is 0 Å². The summed E-state index contributed by atoms with van der Waals surface area (Å²) in [5.74, 6) is 2.23. The molecule has 2 amide bonds. The molecule has 0 radical (unpaired) electrons. The van der Waals surface area contributed by atoms with Gasteiger partial charge < -0.3 is 15.0 Å². The topological polar surface area (TPSA) is 58.6 Å². The monoisotopic (exact) mass is 418 g/mol. The van der Waals surface area contributed by atoms with Crippen LogP contribution in [0.4, 0.5) is 0 Å². The Labute approximate surface area is 183 Å². The standard InChI is InChI=1S/C26H30N2O3/c29-24(21-6-3-7-21)28-14-11-26(12-15-28)18-20-5-2-9-23(17-20)31-22-8-1-4-19(16-22)10-13-27-25(26)30/h1-2,4-5,8-9,16-17,21H,3,6-7,10-15,18H2,(H,27,30). The Morgan fingerprint density at radius 2 is 1.68 bits per heavy atom. The van der Waals surface area contributed by atoms with E-state index in [1.165, 1.54) is 0 Å². The second kappa shape index (κ2) is 8.37. The highest BCUT2D eigenvalue weighted by molar-refractivity contribution is 5.84. The Bertz CT molecular complexity index is 974. The lowest BCUT2D eigenvalue weighted by Gasteiger charge is -2.42. The quantitative estimate of drug-likeness (QED) is 0.759. The lowest BCUT2D eigenvalue weighted by Crippen LogP contribution is -2.52. The average molecular weight is 419 g/mol. The van der Waals surface area contributed by atoms with Gasteiger partial charge in [0, 0.05) is 25.6 Å². The summed E-state index contributed by atoms with van der Waals surface area (Å²) in [6, 6.07) is 16.1. The second-order valence-corrected chi connectivity index (χ2v) is 9.31. The molecule has 5 rings (SSSR count). The fraction of sp³-hybridized carbons (Fsp3) is 0.462. The minimum absolute atomic E-state index is 0.116. The van der Waals surface area contributed by atoms with Gasteiger partial charge in [0.15, 0.2) is 0 Å². The van der Waals surface area contributed by atoms with Crippen LogP contribution in [0.2, 0.25) is 0 Å². The third kappa shape index (κ3) is 4.18. The molecule has 0 atom stereocenters. The van der Waals surface area contributed by atoms with E-state index in [4.69, 9.17) is 4.74 Å². The van der Waals surface area contributed by atoms with Crippen LogP contribution in [-0.4, -0.2) is 36.3 Å². The maximum atomic E-state index is 13.4. The van der Waals surface area contributed by atoms with Crippen molar-refractivity contribution in [2.45, 2.75) is 44.9 Å². The average Bonchev–Trinajstić information content (AvgIpc) is 2.73. The minimum atomic E-state index is -0.484. The molecule has 0 aromatic heterocycles. The zero-order valence-electron chi connectivity index (χ0n) is 17.9. The van der Waals surface area contributed by atoms with Crippen LogP contribution < -0.4 is 10.1 Å². The Hall–Kier alpha value is -2.82. The molecule has 5 heteroatoms. The van der Waals surface area contributed by atoms with Gasteiger partial charge in [-0.15, -0.1) is 0 Å². The second-order valence-electron chi connectivity index (χ2n) is 9.31. The Balaban J connectivity index is 1.39. The first kappa shape index (κ1) is 20.1. The number of likely N-dealkylation sites (tertiary alicyclic amines) is 1. The number of hydrogen-bond donors (Lipinski definition) is 1. The van der Waals surface area contributed by atoms with Crippen LogP contribution in [0, 0.1) is 11.3 Å². The summed E-state index contributed by atoms with van der Waals surface area (Å²) < 4.78 is 6.11. The molecule has 1 spiro atoms. The van der Waals surface area contributed by atoms with Crippen LogP contribution in [0.5, 0.6) is 11.5 Å². The first-order valence-electron chi connectivity index (χ1n) is 11.5. The number of nitrogens with zero attached hydrogens (tertiary/aromatic N) is 1. The van der Waals surface area contributed by atoms with Gasteiger partial charge in [-0.25, -0.2) is 0 Å². The molecule has 2 fully saturated rings. The third-order valence-corrected chi connectivity index (χ3v) is 7.24. The molecule has 5 nitrogen and oxygen atoms in total. The number of ether oxygens (including phenoxy) is 1. The predicted octanol–water partition coefficient (Wildman–Crippen LogP) is 4.10. The molecule has 1 aliphatic carbocycles. The van der Waals surface area contributed by atoms with Crippen LogP contribution in [0.3, 0.4) is 0 Å². The van der Waals surface area contributed by atoms with Gasteiger partial charge in [0.05, 0.1) is 5.41 Å². The molecular formula is C26H30N2O3. The number of nitrogens with one attached hydrogen (secondary N) is 1. The van der Waals surface area contributed by atoms with Gasteiger partial charge in [0.1, 0.15) is 11.5 Å². The number of carbonyl (C=O) groups excluding carboxylic acids is 2. The Morgan fingerprint density at radius 3 is 2.35 bits per heavy atom. The van der Waals surface area contributed by atoms with Crippen molar-refractivity contribution in [3.63, 3.8) is 0 Å². The summed E-state index contributed by atoms with van der Waals surface area (Å²) in [7, 11) is 0. The first-order valence-corrected chi connectivity index (χ1v) is 11.5. The fourth-order valence-electron chi connectivity index (χ4n) is 5.07. The zero-order valence-corrected chi connectivity index (χ0v) is 17.9. The highest BCUT2D eigenvalue weighted by Crippen LogP contribution is 2.38. The van der Waals surface area contributed by atoms with Crippen LogP contribution in [0.1, 0.15) is 43.2 Å². The maximum Gasteiger partial charge on any atom is 0.226 e. The minimum Gasteiger partial charge on any atom is -0.457 e. The van der Waals surface area contributed by atoms with Gasteiger partial charge in [-0.1, -0.05) is 30.7 Å². The van der Waals surface area contributed by atoms with E-state index >= 15 is 0 Å². The van der Waals surface area contributed by atoms with Gasteiger partial charge in [0.2, 0.25) is 11.8 Å². The van der Waals surface area contributed by atoms with Crippen LogP contribution >= 0.6 is 0 Å². The van der Waals surface area contributed by atoms with Crippen molar-refractivity contribution in [2.75, 3.05) is 19.6 Å². The van der Waals surface area contributed by atoms with E-state index < -0.39 is 5.41 Å². The van der Waals surface area contributed by atoms with Crippen molar-refractivity contribution in [3.8, 4) is 11.5 Å². The van der Waals surface area contributed by atoms with Gasteiger partial charge in [-0.05, 0) is 73.9 Å². The van der Waals surface area contributed by atoms with Crippen LogP contribution in [-0.2, 0) is 22.4 Å². The molecule has 31 heavy (non-hydrogen) atoms. The zero-order chi connectivity index (χ0) is 21.3. The normalized spacial score (nSPS) is 21.0. The third-order valence-electron chi connectivity index (χ3n) is 7.24. The van der Waals surface area contributed by atoms with Gasteiger partial charge >= 0.3 is 0 Å². The van der Waals surface area contributed by atoms with E-state index in [-0.39, 0.29) is 11.8 Å². The first-order chi connectivity index (χ1) is 15.1. The van der Waals surface area contributed by atoms with Crippen molar-refractivity contribution in [3.05, 3.63) is 59.7 Å². The number of fused-ring (bicyclic) bond motifs is 4. The molecule has 1 saturated carbocycles. The van der Waals surface area contributed by atoms with Crippen molar-refractivity contribution in [2.24, 2.45) is 11.3 Å². The lowest BCUT2D eigenvalue weighted by atomic mass is 9.72. The molecule has 2 aromatic rings. The van der Waals surface area contributed by atoms with Gasteiger partial charge in [-0.3, -0.25) is 9.59 Å². The molecule has 2 aliphatic heterocycles. The highest BCUT2D eigenvalue weighted by Gasteiger charge is 2.43. The van der Waals surface area contributed by atoms with Crippen molar-refractivity contribution < 1.29 is 14.3 Å². The molecule has 0 unspecified atom stereocenters. The summed E-state index contributed by atoms with van der Waals surface area (Å²) in [6.45, 7) is 1.94. The summed E-state index contributed by atoms with van der Waals surface area (Å²) in [6.07, 6.45) is 6.05. The van der Waals surface area contributed by atoms with E-state index in [0.717, 1.165) is 48.3 Å². The number of hydrogen-bond acceptors (Lipinski definition) is 3. The van der Waals surface area contributed by atoms with Crippen molar-refractivity contribution in [1.82, 2.24) is 10.2 Å². The molecule has 3 aliphatic rings. The van der Waals surface area contributed by atoms with Gasteiger partial charge in [-0.2, -0.15) is 0 Å². The van der Waals surface area contributed by atoms with E-state index in [9.17, 15) is 9.59 Å². The van der Waals surface area contributed by atoms with E-state index in [1.807, 2.05) is 41.3 Å². The summed E-state index contributed by atoms with van der Waals surface area (Å²) in [4.78, 5) is 28.2. The molecular weight excluding hydrogens is 388 g/mol. The van der Waals surface area contributed by atoms with Crippen LogP contribution in [0.15, 0.2) is 48.5 Å². The van der Waals surface area contributed by atoms with Crippen molar-refractivity contribution in [1.29, 1.82) is 0 Å². The molecule has 162 valence electrons. The molecule has 1 saturated heterocycles.